The van der Waals surface area contributed by atoms with E-state index < -0.39 is 0 Å². The third-order valence-electron chi connectivity index (χ3n) is 6.29. The van der Waals surface area contributed by atoms with E-state index in [1.54, 1.807) is 12.4 Å². The Labute approximate surface area is 218 Å². The Hall–Kier alpha value is -3.72. The number of nitrogens with two attached hydrogens (primary N) is 1. The van der Waals surface area contributed by atoms with Crippen molar-refractivity contribution in [2.45, 2.75) is 32.2 Å². The van der Waals surface area contributed by atoms with E-state index in [2.05, 4.69) is 55.4 Å². The number of rotatable bonds is 7. The zero-order valence-corrected chi connectivity index (χ0v) is 21.7. The highest BCUT2D eigenvalue weighted by Gasteiger charge is 2.27. The van der Waals surface area contributed by atoms with E-state index in [1.165, 1.54) is 6.33 Å². The number of hydrogen-bond donors (Lipinski definition) is 1. The highest BCUT2D eigenvalue weighted by atomic mass is 79.9. The Morgan fingerprint density at radius 2 is 1.92 bits per heavy atom. The number of ether oxygens (including phenoxy) is 1. The number of fused-ring (bicyclic) bond motifs is 1. The van der Waals surface area contributed by atoms with Crippen LogP contribution in [0.25, 0.3) is 22.3 Å². The van der Waals surface area contributed by atoms with Gasteiger partial charge in [0.1, 0.15) is 29.3 Å². The largest absolute Gasteiger partial charge is 0.457 e. The number of pyridine rings is 1. The number of aromatic nitrogens is 5. The summed E-state index contributed by atoms with van der Waals surface area (Å²) in [6, 6.07) is 11.6. The second-order valence-corrected chi connectivity index (χ2v) is 9.66. The monoisotopic (exact) mass is 545 g/mol. The maximum Gasteiger partial charge on any atom is 0.164 e. The standard InChI is InChI=1S/C27H28BrN7O/c1-3-5-23(18(2)28)34-15-4-6-20(16-34)35-27-24(26(29)31-17-32-27)25(33-35)19-7-9-21(10-8-19)36-22-11-13-30-14-12-22/h5,7-14,17,20H,2-4,6,15-16H2,1H3,(H2,29,31,32)/b23-5-/t20-/m1/s1. The molecule has 0 spiro atoms. The maximum absolute atomic E-state index is 6.35. The number of benzene rings is 1. The van der Waals surface area contributed by atoms with E-state index in [1.807, 2.05) is 41.1 Å². The summed E-state index contributed by atoms with van der Waals surface area (Å²) in [7, 11) is 0. The molecule has 8 nitrogen and oxygen atoms in total. The van der Waals surface area contributed by atoms with Gasteiger partial charge in [0.05, 0.1) is 11.4 Å². The summed E-state index contributed by atoms with van der Waals surface area (Å²) >= 11 is 3.59. The second-order valence-electron chi connectivity index (χ2n) is 8.70. The zero-order chi connectivity index (χ0) is 25.1. The molecule has 1 saturated heterocycles. The van der Waals surface area contributed by atoms with Crippen molar-refractivity contribution in [2.75, 3.05) is 18.8 Å². The summed E-state index contributed by atoms with van der Waals surface area (Å²) in [4.78, 5) is 15.3. The molecule has 1 aliphatic heterocycles. The highest BCUT2D eigenvalue weighted by Crippen LogP contribution is 2.36. The normalized spacial score (nSPS) is 16.3. The van der Waals surface area contributed by atoms with Crippen molar-refractivity contribution in [3.05, 3.63) is 78.0 Å². The van der Waals surface area contributed by atoms with Gasteiger partial charge in [-0.3, -0.25) is 4.98 Å². The molecule has 0 amide bonds. The number of nitrogens with zero attached hydrogens (tertiary/aromatic N) is 6. The number of likely N-dealkylation sites (tertiary alicyclic amines) is 1. The molecule has 4 heterocycles. The van der Waals surface area contributed by atoms with Crippen LogP contribution in [-0.2, 0) is 0 Å². The third-order valence-corrected chi connectivity index (χ3v) is 6.70. The van der Waals surface area contributed by atoms with Crippen molar-refractivity contribution < 1.29 is 4.74 Å². The van der Waals surface area contributed by atoms with Crippen LogP contribution in [0.1, 0.15) is 32.2 Å². The van der Waals surface area contributed by atoms with E-state index in [0.717, 1.165) is 76.3 Å². The first-order chi connectivity index (χ1) is 17.5. The van der Waals surface area contributed by atoms with Gasteiger partial charge in [0.25, 0.3) is 0 Å². The molecule has 1 atom stereocenters. The maximum atomic E-state index is 6.35. The van der Waals surface area contributed by atoms with Gasteiger partial charge in [-0.1, -0.05) is 19.6 Å². The summed E-state index contributed by atoms with van der Waals surface area (Å²) in [5.41, 5.74) is 9.93. The van der Waals surface area contributed by atoms with Crippen LogP contribution in [0.15, 0.2) is 78.0 Å². The fourth-order valence-corrected chi connectivity index (χ4v) is 5.07. The fourth-order valence-electron chi connectivity index (χ4n) is 4.65. The molecule has 0 radical (unpaired) electrons. The molecule has 0 aliphatic carbocycles. The quantitative estimate of drug-likeness (QED) is 0.280. The van der Waals surface area contributed by atoms with Gasteiger partial charge in [-0.25, -0.2) is 14.6 Å². The van der Waals surface area contributed by atoms with Crippen LogP contribution in [-0.4, -0.2) is 42.7 Å². The fraction of sp³-hybridized carbons (Fsp3) is 0.259. The SMILES string of the molecule is C=C(Br)/C(=C/CC)N1CCC[C@@H](n2nc(-c3ccc(Oc4ccncc4)cc3)c3c(N)ncnc32)C1. The molecule has 184 valence electrons. The first kappa shape index (κ1) is 24.0. The summed E-state index contributed by atoms with van der Waals surface area (Å²) in [5.74, 6) is 1.88. The van der Waals surface area contributed by atoms with Crippen molar-refractivity contribution in [3.8, 4) is 22.8 Å². The molecule has 0 saturated carbocycles. The number of halogens is 1. The molecule has 4 aromatic rings. The van der Waals surface area contributed by atoms with Crippen LogP contribution >= 0.6 is 15.9 Å². The molecule has 1 aromatic carbocycles. The Kier molecular flexibility index (Phi) is 6.99. The third kappa shape index (κ3) is 4.83. The molecule has 0 bridgehead atoms. The Morgan fingerprint density at radius 3 is 2.64 bits per heavy atom. The van der Waals surface area contributed by atoms with E-state index in [9.17, 15) is 0 Å². The number of piperidine rings is 1. The molecular formula is C27H28BrN7O. The molecule has 9 heteroatoms. The molecule has 1 fully saturated rings. The lowest BCUT2D eigenvalue weighted by molar-refractivity contribution is 0.216. The lowest BCUT2D eigenvalue weighted by Crippen LogP contribution is -2.36. The van der Waals surface area contributed by atoms with Crippen LogP contribution < -0.4 is 10.5 Å². The van der Waals surface area contributed by atoms with E-state index in [4.69, 9.17) is 15.6 Å². The first-order valence-corrected chi connectivity index (χ1v) is 12.8. The lowest BCUT2D eigenvalue weighted by Gasteiger charge is -2.36. The van der Waals surface area contributed by atoms with Crippen LogP contribution in [0.4, 0.5) is 5.82 Å². The minimum absolute atomic E-state index is 0.144. The molecular weight excluding hydrogens is 518 g/mol. The Balaban J connectivity index is 1.49. The summed E-state index contributed by atoms with van der Waals surface area (Å²) in [6.07, 6.45) is 10.1. The first-order valence-electron chi connectivity index (χ1n) is 12.0. The van der Waals surface area contributed by atoms with Gasteiger partial charge in [0.15, 0.2) is 5.65 Å². The number of anilines is 1. The lowest BCUT2D eigenvalue weighted by atomic mass is 10.0. The Bertz CT molecular complexity index is 1400. The van der Waals surface area contributed by atoms with Crippen LogP contribution in [0, 0.1) is 0 Å². The zero-order valence-electron chi connectivity index (χ0n) is 20.1. The van der Waals surface area contributed by atoms with Crippen molar-refractivity contribution in [2.24, 2.45) is 0 Å². The number of nitrogen functional groups attached to an aromatic ring is 1. The smallest absolute Gasteiger partial charge is 0.164 e. The van der Waals surface area contributed by atoms with Gasteiger partial charge in [-0.05, 0) is 71.6 Å². The van der Waals surface area contributed by atoms with Crippen molar-refractivity contribution in [3.63, 3.8) is 0 Å². The molecule has 2 N–H and O–H groups in total. The number of allylic oxidation sites excluding steroid dienone is 2. The van der Waals surface area contributed by atoms with E-state index in [0.29, 0.717) is 5.82 Å². The van der Waals surface area contributed by atoms with Crippen LogP contribution in [0.5, 0.6) is 11.5 Å². The van der Waals surface area contributed by atoms with Gasteiger partial charge >= 0.3 is 0 Å². The van der Waals surface area contributed by atoms with E-state index in [-0.39, 0.29) is 6.04 Å². The molecule has 0 unspecified atom stereocenters. The van der Waals surface area contributed by atoms with Crippen LogP contribution in [0.2, 0.25) is 0 Å². The average molecular weight is 546 g/mol. The summed E-state index contributed by atoms with van der Waals surface area (Å²) < 4.78 is 8.84. The van der Waals surface area contributed by atoms with Gasteiger partial charge in [-0.15, -0.1) is 0 Å². The second kappa shape index (κ2) is 10.5. The predicted octanol–water partition coefficient (Wildman–Crippen LogP) is 6.10. The number of hydrogen-bond acceptors (Lipinski definition) is 7. The van der Waals surface area contributed by atoms with Gasteiger partial charge in [0, 0.05) is 41.2 Å². The van der Waals surface area contributed by atoms with Gasteiger partial charge < -0.3 is 15.4 Å². The molecule has 1 aliphatic rings. The predicted molar refractivity (Wildman–Crippen MR) is 146 cm³/mol. The van der Waals surface area contributed by atoms with Crippen LogP contribution in [0.3, 0.4) is 0 Å². The van der Waals surface area contributed by atoms with Gasteiger partial charge in [-0.2, -0.15) is 5.10 Å². The van der Waals surface area contributed by atoms with Crippen molar-refractivity contribution in [1.82, 2.24) is 29.6 Å². The molecule has 5 rings (SSSR count). The summed E-state index contributed by atoms with van der Waals surface area (Å²) in [5, 5.41) is 5.82. The minimum Gasteiger partial charge on any atom is -0.457 e. The topological polar surface area (TPSA) is 95.0 Å². The Morgan fingerprint density at radius 1 is 1.17 bits per heavy atom. The van der Waals surface area contributed by atoms with Crippen molar-refractivity contribution >= 4 is 32.8 Å². The average Bonchev–Trinajstić information content (AvgIpc) is 3.29. The molecule has 3 aromatic heterocycles. The highest BCUT2D eigenvalue weighted by molar-refractivity contribution is 9.11. The minimum atomic E-state index is 0.144. The van der Waals surface area contributed by atoms with Crippen molar-refractivity contribution in [1.29, 1.82) is 0 Å². The van der Waals surface area contributed by atoms with Gasteiger partial charge in [0.2, 0.25) is 0 Å². The molecule has 36 heavy (non-hydrogen) atoms. The van der Waals surface area contributed by atoms with E-state index >= 15 is 0 Å². The summed E-state index contributed by atoms with van der Waals surface area (Å²) in [6.45, 7) is 8.05.